The number of ether oxygens (including phenoxy) is 1. The molecule has 9 nitrogen and oxygen atoms in total. The molecule has 0 aliphatic carbocycles. The van der Waals surface area contributed by atoms with Crippen molar-refractivity contribution >= 4 is 52.1 Å². The van der Waals surface area contributed by atoms with Crippen LogP contribution < -0.4 is 5.32 Å². The third-order valence-electron chi connectivity index (χ3n) is 2.18. The first-order valence-electron chi connectivity index (χ1n) is 6.83. The Morgan fingerprint density at radius 2 is 2.12 bits per heavy atom. The topological polar surface area (TPSA) is 127 Å². The molecule has 0 radical (unpaired) electrons. The third kappa shape index (κ3) is 7.31. The van der Waals surface area contributed by atoms with E-state index in [0.29, 0.717) is 6.41 Å². The summed E-state index contributed by atoms with van der Waals surface area (Å²) >= 11 is 6.76. The maximum atomic E-state index is 11.4. The Labute approximate surface area is 152 Å². The number of thiazole rings is 1. The Bertz CT molecular complexity index is 708. The summed E-state index contributed by atoms with van der Waals surface area (Å²) in [5.74, 6) is -1.98. The largest absolute Gasteiger partial charge is 0.476 e. The predicted octanol–water partition coefficient (Wildman–Crippen LogP) is 2.07. The molecule has 0 bridgehead atoms. The summed E-state index contributed by atoms with van der Waals surface area (Å²) in [5, 5.41) is 15.0. The van der Waals surface area contributed by atoms with E-state index in [4.69, 9.17) is 21.2 Å². The van der Waals surface area contributed by atoms with Crippen LogP contribution in [0.2, 0.25) is 4.34 Å². The van der Waals surface area contributed by atoms with Crippen LogP contribution in [0.5, 0.6) is 0 Å². The molecule has 2 N–H and O–H groups in total. The summed E-state index contributed by atoms with van der Waals surface area (Å²) in [6, 6.07) is 0. The molecular weight excluding hydrogens is 374 g/mol. The summed E-state index contributed by atoms with van der Waals surface area (Å²) in [4.78, 5) is 41.8. The highest BCUT2D eigenvalue weighted by atomic mass is 35.5. The Morgan fingerprint density at radius 3 is 2.68 bits per heavy atom. The normalized spacial score (nSPS) is 12.1. The van der Waals surface area contributed by atoms with Gasteiger partial charge in [0.05, 0.1) is 0 Å². The summed E-state index contributed by atoms with van der Waals surface area (Å²) in [7, 11) is 0. The Morgan fingerprint density at radius 1 is 1.44 bits per heavy atom. The van der Waals surface area contributed by atoms with Gasteiger partial charge in [0, 0.05) is 6.08 Å². The number of oxime groups is 1. The summed E-state index contributed by atoms with van der Waals surface area (Å²) in [6.07, 6.45) is 2.84. The molecule has 0 aliphatic heterocycles. The van der Waals surface area contributed by atoms with Crippen LogP contribution in [-0.2, 0) is 24.0 Å². The van der Waals surface area contributed by atoms with Crippen LogP contribution in [0.1, 0.15) is 26.5 Å². The van der Waals surface area contributed by atoms with Crippen molar-refractivity contribution in [2.24, 2.45) is 5.16 Å². The minimum atomic E-state index is -1.42. The number of amides is 1. The monoisotopic (exact) mass is 389 g/mol. The molecule has 1 heterocycles. The van der Waals surface area contributed by atoms with E-state index in [1.165, 1.54) is 6.08 Å². The molecule has 0 fully saturated rings. The van der Waals surface area contributed by atoms with E-state index in [1.54, 1.807) is 20.8 Å². The second-order valence-electron chi connectivity index (χ2n) is 5.38. The molecule has 0 saturated carbocycles. The average Bonchev–Trinajstić information content (AvgIpc) is 2.81. The molecule has 0 saturated heterocycles. The summed E-state index contributed by atoms with van der Waals surface area (Å²) in [5.41, 5.74) is -1.29. The number of carboxylic acid groups (broad SMARTS) is 1. The Balaban J connectivity index is 2.73. The number of halogens is 1. The van der Waals surface area contributed by atoms with Crippen molar-refractivity contribution in [2.45, 2.75) is 26.4 Å². The number of carbonyl (C=O) groups is 3. The Kier molecular flexibility index (Phi) is 7.52. The molecular formula is C14H16ClN3O6S. The number of hydrogen-bond acceptors (Lipinski definition) is 8. The highest BCUT2D eigenvalue weighted by molar-refractivity contribution is 7.20. The quantitative estimate of drug-likeness (QED) is 0.174. The van der Waals surface area contributed by atoms with Gasteiger partial charge in [0.1, 0.15) is 22.2 Å². The van der Waals surface area contributed by atoms with Gasteiger partial charge in [0.2, 0.25) is 12.1 Å². The number of anilines is 1. The number of carboxylic acids is 1. The van der Waals surface area contributed by atoms with E-state index in [0.717, 1.165) is 17.4 Å². The molecule has 1 aromatic heterocycles. The fourth-order valence-corrected chi connectivity index (χ4v) is 2.37. The van der Waals surface area contributed by atoms with E-state index >= 15 is 0 Å². The van der Waals surface area contributed by atoms with Crippen molar-refractivity contribution in [2.75, 3.05) is 11.9 Å². The van der Waals surface area contributed by atoms with Gasteiger partial charge in [-0.05, 0) is 26.8 Å². The fourth-order valence-electron chi connectivity index (χ4n) is 1.37. The SMILES string of the molecule is CC(C)(C)OC(=O)/C=C/CO/N=C(/C(=O)O)c1nc(NC=O)sc1Cl. The molecule has 25 heavy (non-hydrogen) atoms. The number of rotatable bonds is 8. The van der Waals surface area contributed by atoms with Crippen LogP contribution in [-0.4, -0.2) is 46.4 Å². The minimum absolute atomic E-state index is 0.0263. The highest BCUT2D eigenvalue weighted by Crippen LogP contribution is 2.28. The summed E-state index contributed by atoms with van der Waals surface area (Å²) < 4.78 is 5.07. The van der Waals surface area contributed by atoms with Gasteiger partial charge in [0.15, 0.2) is 5.13 Å². The molecule has 0 unspecified atom stereocenters. The number of nitrogens with one attached hydrogen (secondary N) is 1. The van der Waals surface area contributed by atoms with Gasteiger partial charge in [-0.3, -0.25) is 4.79 Å². The number of carbonyl (C=O) groups excluding carboxylic acids is 2. The van der Waals surface area contributed by atoms with E-state index in [-0.39, 0.29) is 21.8 Å². The second kappa shape index (κ2) is 9.14. The minimum Gasteiger partial charge on any atom is -0.476 e. The number of aliphatic carboxylic acids is 1. The molecule has 0 atom stereocenters. The van der Waals surface area contributed by atoms with Crippen molar-refractivity contribution in [3.05, 3.63) is 22.2 Å². The van der Waals surface area contributed by atoms with Crippen LogP contribution >= 0.6 is 22.9 Å². The van der Waals surface area contributed by atoms with Crippen molar-refractivity contribution in [3.8, 4) is 0 Å². The van der Waals surface area contributed by atoms with Crippen LogP contribution in [0.15, 0.2) is 17.3 Å². The smallest absolute Gasteiger partial charge is 0.360 e. The second-order valence-corrected chi connectivity index (χ2v) is 6.98. The van der Waals surface area contributed by atoms with Crippen LogP contribution in [0.3, 0.4) is 0 Å². The zero-order chi connectivity index (χ0) is 19.0. The van der Waals surface area contributed by atoms with Crippen LogP contribution in [0, 0.1) is 0 Å². The number of aromatic nitrogens is 1. The van der Waals surface area contributed by atoms with Gasteiger partial charge < -0.3 is 20.0 Å². The Hall–Kier alpha value is -2.46. The molecule has 1 amide bonds. The zero-order valence-corrected chi connectivity index (χ0v) is 15.2. The zero-order valence-electron chi connectivity index (χ0n) is 13.6. The molecule has 0 aromatic carbocycles. The van der Waals surface area contributed by atoms with Crippen LogP contribution in [0.25, 0.3) is 0 Å². The first-order chi connectivity index (χ1) is 11.6. The lowest BCUT2D eigenvalue weighted by Gasteiger charge is -2.17. The van der Waals surface area contributed by atoms with E-state index < -0.39 is 23.3 Å². The molecule has 136 valence electrons. The van der Waals surface area contributed by atoms with Gasteiger partial charge in [0.25, 0.3) is 0 Å². The van der Waals surface area contributed by atoms with Crippen molar-refractivity contribution < 1.29 is 29.1 Å². The van der Waals surface area contributed by atoms with Crippen molar-refractivity contribution in [3.63, 3.8) is 0 Å². The maximum Gasteiger partial charge on any atom is 0.360 e. The van der Waals surface area contributed by atoms with Gasteiger partial charge in [-0.2, -0.15) is 0 Å². The first-order valence-corrected chi connectivity index (χ1v) is 8.03. The van der Waals surface area contributed by atoms with Gasteiger partial charge in [-0.15, -0.1) is 0 Å². The summed E-state index contributed by atoms with van der Waals surface area (Å²) in [6.45, 7) is 5.01. The molecule has 1 aromatic rings. The van der Waals surface area contributed by atoms with Gasteiger partial charge in [-0.25, -0.2) is 14.6 Å². The molecule has 11 heteroatoms. The standard InChI is InChI=1S/C14H16ClN3O6S/c1-14(2,3)24-8(20)5-4-6-23-18-10(12(21)22)9-11(15)25-13(17-9)16-7-19/h4-5,7H,6H2,1-3H3,(H,21,22)(H,16,17,19)/b5-4+,18-10+. The lowest BCUT2D eigenvalue weighted by Crippen LogP contribution is -2.22. The molecule has 0 spiro atoms. The van der Waals surface area contributed by atoms with E-state index in [2.05, 4.69) is 15.5 Å². The fraction of sp³-hybridized carbons (Fsp3) is 0.357. The van der Waals surface area contributed by atoms with Crippen LogP contribution in [0.4, 0.5) is 5.13 Å². The number of esters is 1. The van der Waals surface area contributed by atoms with E-state index in [1.807, 2.05) is 0 Å². The van der Waals surface area contributed by atoms with E-state index in [9.17, 15) is 19.5 Å². The highest BCUT2D eigenvalue weighted by Gasteiger charge is 2.22. The van der Waals surface area contributed by atoms with Gasteiger partial charge >= 0.3 is 11.9 Å². The van der Waals surface area contributed by atoms with Gasteiger partial charge in [-0.1, -0.05) is 28.1 Å². The molecule has 0 aliphatic rings. The predicted molar refractivity (Wildman–Crippen MR) is 91.9 cm³/mol. The first kappa shape index (κ1) is 20.6. The lowest BCUT2D eigenvalue weighted by atomic mass is 10.2. The van der Waals surface area contributed by atoms with Crippen molar-refractivity contribution in [1.29, 1.82) is 0 Å². The number of nitrogens with zero attached hydrogens (tertiary/aromatic N) is 2. The lowest BCUT2D eigenvalue weighted by molar-refractivity contribution is -0.148. The number of hydrogen-bond donors (Lipinski definition) is 2. The maximum absolute atomic E-state index is 11.4. The van der Waals surface area contributed by atoms with Crippen molar-refractivity contribution in [1.82, 2.24) is 4.98 Å². The molecule has 1 rings (SSSR count). The average molecular weight is 390 g/mol. The third-order valence-corrected chi connectivity index (χ3v) is 3.37.